The van der Waals surface area contributed by atoms with E-state index in [2.05, 4.69) is 0 Å². The van der Waals surface area contributed by atoms with Crippen LogP contribution in [0.15, 0.2) is 30.3 Å². The van der Waals surface area contributed by atoms with Crippen molar-refractivity contribution < 1.29 is 62.1 Å². The second-order valence-corrected chi connectivity index (χ2v) is 8.60. The Labute approximate surface area is 244 Å². The molecule has 42 heavy (non-hydrogen) atoms. The number of Topliss-reactive ketones (excluding diaryl/α,β-unsaturated/α-hetero) is 2. The Morgan fingerprint density at radius 1 is 0.643 bits per heavy atom. The maximum absolute atomic E-state index is 13.1. The Kier molecular flexibility index (Phi) is 14.8. The van der Waals surface area contributed by atoms with E-state index >= 15 is 0 Å². The maximum Gasteiger partial charge on any atom is 0.233 e. The molecule has 0 fully saturated rings. The molecule has 13 nitrogen and oxygen atoms in total. The van der Waals surface area contributed by atoms with Crippen LogP contribution in [-0.2, 0) is 23.7 Å². The van der Waals surface area contributed by atoms with Crippen molar-refractivity contribution >= 4 is 11.6 Å². The lowest BCUT2D eigenvalue weighted by Crippen LogP contribution is -2.16. The normalized spacial score (nSPS) is 11.9. The number of benzene rings is 2. The van der Waals surface area contributed by atoms with E-state index in [0.29, 0.717) is 82.5 Å². The standard InChI is InChI=1S/C29H38O13/c1-33-23-15-21(16-24(19-23)34-2)27(31)28(32)22-17-25(29-26(18-22)41-20-42-29)40-14-13-39-12-11-38-10-9-37-8-7-36-6-5-35-4-3-30/h15-19,30H,3-14,20H2,1-2H3. The fourth-order valence-electron chi connectivity index (χ4n) is 3.67. The molecule has 0 bridgehead atoms. The molecule has 0 spiro atoms. The van der Waals surface area contributed by atoms with Gasteiger partial charge in [-0.25, -0.2) is 0 Å². The lowest BCUT2D eigenvalue weighted by Gasteiger charge is -2.12. The van der Waals surface area contributed by atoms with Crippen LogP contribution in [0.3, 0.4) is 0 Å². The van der Waals surface area contributed by atoms with Crippen molar-refractivity contribution in [3.63, 3.8) is 0 Å². The highest BCUT2D eigenvalue weighted by molar-refractivity contribution is 6.49. The average Bonchev–Trinajstić information content (AvgIpc) is 3.50. The van der Waals surface area contributed by atoms with Crippen LogP contribution in [0.4, 0.5) is 0 Å². The van der Waals surface area contributed by atoms with Crippen LogP contribution >= 0.6 is 0 Å². The van der Waals surface area contributed by atoms with E-state index < -0.39 is 11.6 Å². The van der Waals surface area contributed by atoms with Crippen LogP contribution in [0.5, 0.6) is 28.7 Å². The largest absolute Gasteiger partial charge is 0.497 e. The van der Waals surface area contributed by atoms with Crippen molar-refractivity contribution in [3.8, 4) is 28.7 Å². The molecule has 1 N–H and O–H groups in total. The molecule has 0 atom stereocenters. The van der Waals surface area contributed by atoms with Gasteiger partial charge in [0.25, 0.3) is 0 Å². The van der Waals surface area contributed by atoms with E-state index in [-0.39, 0.29) is 43.5 Å². The smallest absolute Gasteiger partial charge is 0.233 e. The molecule has 0 aliphatic carbocycles. The summed E-state index contributed by atoms with van der Waals surface area (Å²) in [5.41, 5.74) is 0.223. The molecule has 0 radical (unpaired) electrons. The van der Waals surface area contributed by atoms with E-state index in [1.54, 1.807) is 6.07 Å². The molecule has 1 aliphatic rings. The third kappa shape index (κ3) is 10.7. The second-order valence-electron chi connectivity index (χ2n) is 8.60. The third-order valence-electron chi connectivity index (χ3n) is 5.73. The molecule has 2 aromatic carbocycles. The molecule has 1 aliphatic heterocycles. The topological polar surface area (TPSA) is 147 Å². The highest BCUT2D eigenvalue weighted by Gasteiger charge is 2.26. The summed E-state index contributed by atoms with van der Waals surface area (Å²) in [7, 11) is 2.92. The van der Waals surface area contributed by atoms with Crippen LogP contribution in [-0.4, -0.2) is 117 Å². The molecule has 232 valence electrons. The molecule has 0 aromatic heterocycles. The van der Waals surface area contributed by atoms with Crippen LogP contribution in [0, 0.1) is 0 Å². The summed E-state index contributed by atoms with van der Waals surface area (Å²) >= 11 is 0. The molecule has 0 saturated carbocycles. The van der Waals surface area contributed by atoms with Crippen LogP contribution in [0.2, 0.25) is 0 Å². The van der Waals surface area contributed by atoms with Gasteiger partial charge in [0.1, 0.15) is 18.1 Å². The number of aliphatic hydroxyl groups excluding tert-OH is 1. The van der Waals surface area contributed by atoms with Gasteiger partial charge in [0, 0.05) is 17.2 Å². The second kappa shape index (κ2) is 18.9. The highest BCUT2D eigenvalue weighted by Crippen LogP contribution is 2.42. The van der Waals surface area contributed by atoms with Gasteiger partial charge in [-0.2, -0.15) is 0 Å². The summed E-state index contributed by atoms with van der Waals surface area (Å²) in [6, 6.07) is 7.45. The minimum Gasteiger partial charge on any atom is -0.497 e. The summed E-state index contributed by atoms with van der Waals surface area (Å²) in [4.78, 5) is 26.1. The number of methoxy groups -OCH3 is 2. The summed E-state index contributed by atoms with van der Waals surface area (Å²) < 4.78 is 53.9. The van der Waals surface area contributed by atoms with Crippen LogP contribution in [0.25, 0.3) is 0 Å². The van der Waals surface area contributed by atoms with E-state index in [0.717, 1.165) is 0 Å². The molecule has 0 unspecified atom stereocenters. The van der Waals surface area contributed by atoms with Crippen molar-refractivity contribution in [2.45, 2.75) is 0 Å². The van der Waals surface area contributed by atoms with Gasteiger partial charge < -0.3 is 52.5 Å². The number of rotatable bonds is 23. The Morgan fingerprint density at radius 3 is 1.62 bits per heavy atom. The predicted molar refractivity (Wildman–Crippen MR) is 147 cm³/mol. The zero-order valence-corrected chi connectivity index (χ0v) is 23.9. The zero-order chi connectivity index (χ0) is 30.0. The van der Waals surface area contributed by atoms with Crippen LogP contribution < -0.4 is 23.7 Å². The van der Waals surface area contributed by atoms with Gasteiger partial charge >= 0.3 is 0 Å². The Hall–Kier alpha value is -3.46. The van der Waals surface area contributed by atoms with Crippen molar-refractivity contribution in [2.75, 3.05) is 100 Å². The molecule has 13 heteroatoms. The monoisotopic (exact) mass is 594 g/mol. The number of ketones is 2. The number of carbonyl (C=O) groups is 2. The Bertz CT molecular complexity index is 1100. The molecule has 0 amide bonds. The minimum atomic E-state index is -0.748. The van der Waals surface area contributed by atoms with Gasteiger partial charge in [0.05, 0.1) is 86.9 Å². The number of aliphatic hydroxyl groups is 1. The molecule has 1 heterocycles. The minimum absolute atomic E-state index is 0.000560. The first-order valence-electron chi connectivity index (χ1n) is 13.5. The van der Waals surface area contributed by atoms with Crippen LogP contribution in [0.1, 0.15) is 20.7 Å². The van der Waals surface area contributed by atoms with E-state index in [9.17, 15) is 9.59 Å². The molecule has 0 saturated heterocycles. The number of hydrogen-bond donors (Lipinski definition) is 1. The van der Waals surface area contributed by atoms with Crippen molar-refractivity contribution in [3.05, 3.63) is 41.5 Å². The lowest BCUT2D eigenvalue weighted by atomic mass is 10.0. The maximum atomic E-state index is 13.1. The summed E-state index contributed by atoms with van der Waals surface area (Å²) in [5, 5.41) is 8.60. The SMILES string of the molecule is COc1cc(OC)cc(C(=O)C(=O)c2cc(OCCOCCOCCOCCOCCOCCO)c3c(c2)OCO3)c1. The molecular weight excluding hydrogens is 556 g/mol. The number of carbonyl (C=O) groups excluding carboxylic acids is 2. The summed E-state index contributed by atoms with van der Waals surface area (Å²) in [6.45, 7) is 4.10. The molecule has 2 aromatic rings. The van der Waals surface area contributed by atoms with Gasteiger partial charge in [-0.15, -0.1) is 0 Å². The first kappa shape index (κ1) is 33.0. The van der Waals surface area contributed by atoms with Crippen molar-refractivity contribution in [2.24, 2.45) is 0 Å². The number of ether oxygens (including phenoxy) is 10. The van der Waals surface area contributed by atoms with E-state index in [4.69, 9.17) is 52.5 Å². The fourth-order valence-corrected chi connectivity index (χ4v) is 3.67. The average molecular weight is 595 g/mol. The Morgan fingerprint density at radius 2 is 1.12 bits per heavy atom. The van der Waals surface area contributed by atoms with Gasteiger partial charge in [-0.1, -0.05) is 0 Å². The summed E-state index contributed by atoms with van der Waals surface area (Å²) in [6.07, 6.45) is 0. The fraction of sp³-hybridized carbons (Fsp3) is 0.517. The first-order valence-corrected chi connectivity index (χ1v) is 13.5. The molecule has 3 rings (SSSR count). The number of hydrogen-bond acceptors (Lipinski definition) is 13. The Balaban J connectivity index is 1.36. The van der Waals surface area contributed by atoms with Gasteiger partial charge in [-0.05, 0) is 24.3 Å². The summed E-state index contributed by atoms with van der Waals surface area (Å²) in [5.74, 6) is 0.217. The molecular formula is C29H38O13. The van der Waals surface area contributed by atoms with Gasteiger partial charge in [0.15, 0.2) is 11.5 Å². The van der Waals surface area contributed by atoms with E-state index in [1.165, 1.54) is 38.5 Å². The van der Waals surface area contributed by atoms with Gasteiger partial charge in [-0.3, -0.25) is 9.59 Å². The van der Waals surface area contributed by atoms with Gasteiger partial charge in [0.2, 0.25) is 24.1 Å². The zero-order valence-electron chi connectivity index (χ0n) is 23.9. The van der Waals surface area contributed by atoms with Crippen molar-refractivity contribution in [1.82, 2.24) is 0 Å². The number of fused-ring (bicyclic) bond motifs is 1. The predicted octanol–water partition coefficient (Wildman–Crippen LogP) is 1.95. The quantitative estimate of drug-likeness (QED) is 0.114. The first-order chi connectivity index (χ1) is 20.6. The highest BCUT2D eigenvalue weighted by atomic mass is 16.7. The van der Waals surface area contributed by atoms with Crippen molar-refractivity contribution in [1.29, 1.82) is 0 Å². The van der Waals surface area contributed by atoms with E-state index in [1.807, 2.05) is 0 Å². The third-order valence-corrected chi connectivity index (χ3v) is 5.73. The lowest BCUT2D eigenvalue weighted by molar-refractivity contribution is -0.0147.